The zero-order valence-electron chi connectivity index (χ0n) is 19.7. The van der Waals surface area contributed by atoms with Crippen molar-refractivity contribution in [1.29, 1.82) is 0 Å². The van der Waals surface area contributed by atoms with Gasteiger partial charge in [0.05, 0.1) is 37.3 Å². The van der Waals surface area contributed by atoms with Gasteiger partial charge in [-0.05, 0) is 57.2 Å². The Hall–Kier alpha value is -4.47. The lowest BCUT2D eigenvalue weighted by atomic mass is 10.1. The maximum atomic E-state index is 12.8. The van der Waals surface area contributed by atoms with Gasteiger partial charge >= 0.3 is 0 Å². The van der Waals surface area contributed by atoms with Crippen molar-refractivity contribution >= 4 is 23.4 Å². The number of hydrazine groups is 1. The van der Waals surface area contributed by atoms with Crippen LogP contribution in [0.15, 0.2) is 59.2 Å². The molecule has 0 saturated carbocycles. The van der Waals surface area contributed by atoms with Crippen LogP contribution in [0.2, 0.25) is 0 Å². The lowest BCUT2D eigenvalue weighted by Crippen LogP contribution is -2.42. The molecule has 0 fully saturated rings. The summed E-state index contributed by atoms with van der Waals surface area (Å²) in [4.78, 5) is 37.9. The van der Waals surface area contributed by atoms with Crippen LogP contribution in [0.4, 0.5) is 5.69 Å². The van der Waals surface area contributed by atoms with Crippen molar-refractivity contribution in [3.8, 4) is 17.2 Å². The number of hydrogen-bond acceptors (Lipinski definition) is 7. The van der Waals surface area contributed by atoms with E-state index in [1.807, 2.05) is 20.8 Å². The van der Waals surface area contributed by atoms with E-state index in [9.17, 15) is 14.4 Å². The lowest BCUT2D eigenvalue weighted by Gasteiger charge is -2.17. The molecular formula is C25H27N3O7. The van der Waals surface area contributed by atoms with Crippen molar-refractivity contribution < 1.29 is 33.0 Å². The molecule has 10 heteroatoms. The number of furan rings is 1. The third-order valence-corrected chi connectivity index (χ3v) is 4.63. The zero-order valence-corrected chi connectivity index (χ0v) is 19.7. The highest BCUT2D eigenvalue weighted by Crippen LogP contribution is 2.39. The first kappa shape index (κ1) is 25.2. The van der Waals surface area contributed by atoms with Crippen molar-refractivity contribution in [2.75, 3.05) is 25.1 Å². The Morgan fingerprint density at radius 3 is 2.00 bits per heavy atom. The molecule has 0 aliphatic carbocycles. The molecule has 10 nitrogen and oxygen atoms in total. The van der Waals surface area contributed by atoms with Crippen molar-refractivity contribution in [3.63, 3.8) is 0 Å². The van der Waals surface area contributed by atoms with Crippen LogP contribution in [-0.2, 0) is 0 Å². The number of nitrogens with one attached hydrogen (secondary N) is 3. The van der Waals surface area contributed by atoms with Crippen LogP contribution in [-0.4, -0.2) is 37.5 Å². The molecule has 0 radical (unpaired) electrons. The summed E-state index contributed by atoms with van der Waals surface area (Å²) in [6.07, 6.45) is 1.37. The molecule has 2 aromatic carbocycles. The molecule has 0 bridgehead atoms. The van der Waals surface area contributed by atoms with Crippen molar-refractivity contribution in [2.24, 2.45) is 0 Å². The molecule has 184 valence electrons. The van der Waals surface area contributed by atoms with Crippen molar-refractivity contribution in [3.05, 3.63) is 71.7 Å². The standard InChI is InChI=1S/C25H27N3O7/c1-4-32-20-14-16(15-21(33-5-2)22(20)34-6-3)23(29)27-28-24(30)17-10-7-8-11-18(17)26-25(31)19-12-9-13-35-19/h7-15H,4-6H2,1-3H3,(H,26,31)(H,27,29)(H,28,30). The first-order chi connectivity index (χ1) is 17.0. The fourth-order valence-electron chi connectivity index (χ4n) is 3.15. The Labute approximate surface area is 202 Å². The van der Waals surface area contributed by atoms with Crippen LogP contribution in [0.5, 0.6) is 17.2 Å². The lowest BCUT2D eigenvalue weighted by molar-refractivity contribution is 0.0846. The van der Waals surface area contributed by atoms with Crippen molar-refractivity contribution in [2.45, 2.75) is 20.8 Å². The molecule has 3 amide bonds. The summed E-state index contributed by atoms with van der Waals surface area (Å²) >= 11 is 0. The Kier molecular flexibility index (Phi) is 8.71. The Morgan fingerprint density at radius 1 is 0.771 bits per heavy atom. The number of carbonyl (C=O) groups is 3. The molecule has 0 aliphatic heterocycles. The van der Waals surface area contributed by atoms with Crippen molar-refractivity contribution in [1.82, 2.24) is 10.9 Å². The average molecular weight is 482 g/mol. The third-order valence-electron chi connectivity index (χ3n) is 4.63. The fraction of sp³-hybridized carbons (Fsp3) is 0.240. The van der Waals surface area contributed by atoms with E-state index >= 15 is 0 Å². The molecule has 3 N–H and O–H groups in total. The monoisotopic (exact) mass is 481 g/mol. The van der Waals surface area contributed by atoms with E-state index in [0.717, 1.165) is 0 Å². The van der Waals surface area contributed by atoms with Crippen LogP contribution in [0.1, 0.15) is 52.0 Å². The molecule has 35 heavy (non-hydrogen) atoms. The van der Waals surface area contributed by atoms with E-state index in [-0.39, 0.29) is 22.6 Å². The van der Waals surface area contributed by atoms with Gasteiger partial charge in [0.15, 0.2) is 17.3 Å². The molecule has 1 heterocycles. The van der Waals surface area contributed by atoms with Gasteiger partial charge in [0.2, 0.25) is 5.75 Å². The molecule has 0 saturated heterocycles. The molecular weight excluding hydrogens is 454 g/mol. The summed E-state index contributed by atoms with van der Waals surface area (Å²) in [5.74, 6) is -0.543. The van der Waals surface area contributed by atoms with Crippen LogP contribution in [0.25, 0.3) is 0 Å². The highest BCUT2D eigenvalue weighted by molar-refractivity contribution is 6.08. The largest absolute Gasteiger partial charge is 0.490 e. The minimum absolute atomic E-state index is 0.0965. The summed E-state index contributed by atoms with van der Waals surface area (Å²) in [7, 11) is 0. The maximum absolute atomic E-state index is 12.8. The maximum Gasteiger partial charge on any atom is 0.291 e. The van der Waals surface area contributed by atoms with Crippen LogP contribution >= 0.6 is 0 Å². The van der Waals surface area contributed by atoms with E-state index in [1.165, 1.54) is 30.5 Å². The zero-order chi connectivity index (χ0) is 25.2. The molecule has 0 atom stereocenters. The Bertz CT molecular complexity index is 1150. The smallest absolute Gasteiger partial charge is 0.291 e. The number of anilines is 1. The molecule has 3 rings (SSSR count). The van der Waals surface area contributed by atoms with Gasteiger partial charge in [-0.1, -0.05) is 12.1 Å². The summed E-state index contributed by atoms with van der Waals surface area (Å²) in [6, 6.07) is 12.5. The highest BCUT2D eigenvalue weighted by atomic mass is 16.5. The molecule has 1 aromatic heterocycles. The van der Waals surface area contributed by atoms with Gasteiger partial charge in [-0.25, -0.2) is 0 Å². The first-order valence-electron chi connectivity index (χ1n) is 11.1. The van der Waals surface area contributed by atoms with Gasteiger partial charge in [-0.3, -0.25) is 25.2 Å². The number of para-hydroxylation sites is 1. The van der Waals surface area contributed by atoms with E-state index in [4.69, 9.17) is 18.6 Å². The van der Waals surface area contributed by atoms with E-state index in [1.54, 1.807) is 24.3 Å². The number of ether oxygens (including phenoxy) is 3. The molecule has 0 unspecified atom stereocenters. The van der Waals surface area contributed by atoms with Gasteiger partial charge in [-0.2, -0.15) is 0 Å². The van der Waals surface area contributed by atoms with Gasteiger partial charge in [0, 0.05) is 5.56 Å². The van der Waals surface area contributed by atoms with E-state index < -0.39 is 17.7 Å². The quantitative estimate of drug-likeness (QED) is 0.376. The predicted octanol–water partition coefficient (Wildman–Crippen LogP) is 3.80. The number of carbonyl (C=O) groups excluding carboxylic acids is 3. The number of amides is 3. The van der Waals surface area contributed by atoms with Crippen LogP contribution < -0.4 is 30.4 Å². The van der Waals surface area contributed by atoms with Gasteiger partial charge in [0.1, 0.15) is 0 Å². The number of benzene rings is 2. The SMILES string of the molecule is CCOc1cc(C(=O)NNC(=O)c2ccccc2NC(=O)c2ccco2)cc(OCC)c1OCC. The first-order valence-corrected chi connectivity index (χ1v) is 11.1. The topological polar surface area (TPSA) is 128 Å². The van der Waals surface area contributed by atoms with E-state index in [2.05, 4.69) is 16.2 Å². The van der Waals surface area contributed by atoms with Crippen LogP contribution in [0, 0.1) is 0 Å². The molecule has 3 aromatic rings. The Morgan fingerprint density at radius 2 is 1.40 bits per heavy atom. The Balaban J connectivity index is 1.75. The van der Waals surface area contributed by atoms with E-state index in [0.29, 0.717) is 37.1 Å². The summed E-state index contributed by atoms with van der Waals surface area (Å²) in [6.45, 7) is 6.55. The van der Waals surface area contributed by atoms with Crippen LogP contribution in [0.3, 0.4) is 0 Å². The second kappa shape index (κ2) is 12.1. The third kappa shape index (κ3) is 6.32. The summed E-state index contributed by atoms with van der Waals surface area (Å²) in [5.41, 5.74) is 5.32. The second-order valence-electron chi connectivity index (χ2n) is 6.99. The number of hydrogen-bond donors (Lipinski definition) is 3. The molecule has 0 aliphatic rings. The van der Waals surface area contributed by atoms with Gasteiger partial charge < -0.3 is 23.9 Å². The fourth-order valence-corrected chi connectivity index (χ4v) is 3.15. The summed E-state index contributed by atoms with van der Waals surface area (Å²) in [5, 5.41) is 2.62. The van der Waals surface area contributed by atoms with Gasteiger partial charge in [-0.15, -0.1) is 0 Å². The second-order valence-corrected chi connectivity index (χ2v) is 6.99. The predicted molar refractivity (Wildman–Crippen MR) is 128 cm³/mol. The normalized spacial score (nSPS) is 10.3. The minimum atomic E-state index is -0.630. The average Bonchev–Trinajstić information content (AvgIpc) is 3.40. The molecule has 0 spiro atoms. The summed E-state index contributed by atoms with van der Waals surface area (Å²) < 4.78 is 22.0. The number of rotatable bonds is 10. The van der Waals surface area contributed by atoms with Gasteiger partial charge in [0.25, 0.3) is 17.7 Å². The highest BCUT2D eigenvalue weighted by Gasteiger charge is 2.20. The minimum Gasteiger partial charge on any atom is -0.490 e.